The van der Waals surface area contributed by atoms with Crippen LogP contribution in [0.4, 0.5) is 0 Å². The highest BCUT2D eigenvalue weighted by atomic mass is 16.2. The van der Waals surface area contributed by atoms with Crippen LogP contribution in [0.15, 0.2) is 24.4 Å². The van der Waals surface area contributed by atoms with Gasteiger partial charge in [-0.25, -0.2) is 0 Å². The van der Waals surface area contributed by atoms with Gasteiger partial charge >= 0.3 is 0 Å². The zero-order valence-electron chi connectivity index (χ0n) is 12.2. The van der Waals surface area contributed by atoms with Crippen LogP contribution in [0.5, 0.6) is 0 Å². The van der Waals surface area contributed by atoms with Gasteiger partial charge in [-0.2, -0.15) is 5.10 Å². The summed E-state index contributed by atoms with van der Waals surface area (Å²) in [5.74, 6) is 0.963. The lowest BCUT2D eigenvalue weighted by Gasteiger charge is -2.16. The van der Waals surface area contributed by atoms with Crippen LogP contribution in [0, 0.1) is 12.8 Å². The van der Waals surface area contributed by atoms with Crippen molar-refractivity contribution in [3.63, 3.8) is 0 Å². The molecule has 1 heterocycles. The van der Waals surface area contributed by atoms with Gasteiger partial charge in [0.2, 0.25) is 5.91 Å². The summed E-state index contributed by atoms with van der Waals surface area (Å²) in [6.45, 7) is 3.64. The van der Waals surface area contributed by atoms with E-state index in [0.717, 1.165) is 23.4 Å². The van der Waals surface area contributed by atoms with Crippen LogP contribution >= 0.6 is 0 Å². The van der Waals surface area contributed by atoms with Gasteiger partial charge in [0.25, 0.3) is 0 Å². The monoisotopic (exact) mass is 271 g/mol. The van der Waals surface area contributed by atoms with Crippen LogP contribution < -0.4 is 0 Å². The summed E-state index contributed by atoms with van der Waals surface area (Å²) in [5.41, 5.74) is 2.33. The maximum Gasteiger partial charge on any atom is 0.224 e. The van der Waals surface area contributed by atoms with Gasteiger partial charge in [-0.1, -0.05) is 12.1 Å². The molecular formula is C16H21N3O. The van der Waals surface area contributed by atoms with Gasteiger partial charge in [0.15, 0.2) is 0 Å². The van der Waals surface area contributed by atoms with Crippen molar-refractivity contribution in [1.82, 2.24) is 14.7 Å². The zero-order valence-corrected chi connectivity index (χ0v) is 12.2. The highest BCUT2D eigenvalue weighted by Gasteiger charge is 2.24. The van der Waals surface area contributed by atoms with Gasteiger partial charge in [0, 0.05) is 25.4 Å². The van der Waals surface area contributed by atoms with Crippen molar-refractivity contribution in [3.8, 4) is 0 Å². The smallest absolute Gasteiger partial charge is 0.224 e. The molecule has 1 aromatic carbocycles. The lowest BCUT2D eigenvalue weighted by molar-refractivity contribution is -0.130. The van der Waals surface area contributed by atoms with Crippen molar-refractivity contribution in [3.05, 3.63) is 30.0 Å². The normalized spacial score (nSPS) is 14.7. The Labute approximate surface area is 119 Å². The molecule has 0 N–H and O–H groups in total. The lowest BCUT2D eigenvalue weighted by atomic mass is 10.2. The second-order valence-electron chi connectivity index (χ2n) is 5.90. The van der Waals surface area contributed by atoms with Gasteiger partial charge in [-0.3, -0.25) is 9.48 Å². The molecule has 1 aliphatic rings. The van der Waals surface area contributed by atoms with E-state index in [9.17, 15) is 4.79 Å². The van der Waals surface area contributed by atoms with E-state index in [4.69, 9.17) is 0 Å². The first kappa shape index (κ1) is 13.2. The molecule has 4 heteroatoms. The average Bonchev–Trinajstić information content (AvgIpc) is 3.15. The Balaban J connectivity index is 1.64. The fraction of sp³-hybridized carbons (Fsp3) is 0.500. The number of rotatable bonds is 5. The largest absolute Gasteiger partial charge is 0.345 e. The number of nitrogens with zero attached hydrogens (tertiary/aromatic N) is 3. The quantitative estimate of drug-likeness (QED) is 0.838. The third-order valence-corrected chi connectivity index (χ3v) is 3.99. The minimum atomic E-state index is 0.216. The van der Waals surface area contributed by atoms with Crippen molar-refractivity contribution >= 4 is 16.8 Å². The number of carbonyl (C=O) groups is 1. The van der Waals surface area contributed by atoms with E-state index in [0.29, 0.717) is 13.0 Å². The van der Waals surface area contributed by atoms with E-state index in [1.807, 2.05) is 22.8 Å². The number of amides is 1. The molecule has 0 saturated heterocycles. The van der Waals surface area contributed by atoms with E-state index < -0.39 is 0 Å². The second kappa shape index (κ2) is 5.27. The number of benzene rings is 1. The minimum absolute atomic E-state index is 0.216. The Kier molecular flexibility index (Phi) is 3.47. The van der Waals surface area contributed by atoms with Gasteiger partial charge < -0.3 is 4.90 Å². The summed E-state index contributed by atoms with van der Waals surface area (Å²) in [6.07, 6.45) is 4.95. The maximum atomic E-state index is 12.1. The summed E-state index contributed by atoms with van der Waals surface area (Å²) in [5, 5.41) is 5.52. The third-order valence-electron chi connectivity index (χ3n) is 3.99. The van der Waals surface area contributed by atoms with E-state index in [1.54, 1.807) is 0 Å². The standard InChI is InChI=1S/C16H21N3O/c1-12-3-6-14-10-17-19(15(14)9-12)8-7-16(20)18(2)11-13-4-5-13/h3,6,9-10,13H,4-5,7-8,11H2,1-2H3. The van der Waals surface area contributed by atoms with Crippen molar-refractivity contribution in [1.29, 1.82) is 0 Å². The molecule has 3 rings (SSSR count). The molecule has 0 aliphatic heterocycles. The molecule has 20 heavy (non-hydrogen) atoms. The fourth-order valence-corrected chi connectivity index (χ4v) is 2.54. The van der Waals surface area contributed by atoms with Crippen LogP contribution in [0.1, 0.15) is 24.8 Å². The number of aryl methyl sites for hydroxylation is 2. The van der Waals surface area contributed by atoms with Crippen molar-refractivity contribution in [2.45, 2.75) is 32.7 Å². The SMILES string of the molecule is Cc1ccc2cnn(CCC(=O)N(C)CC3CC3)c2c1. The zero-order chi connectivity index (χ0) is 14.1. The molecule has 4 nitrogen and oxygen atoms in total. The van der Waals surface area contributed by atoms with Crippen LogP contribution in [0.25, 0.3) is 10.9 Å². The lowest BCUT2D eigenvalue weighted by Crippen LogP contribution is -2.29. The molecule has 0 spiro atoms. The summed E-state index contributed by atoms with van der Waals surface area (Å²) in [4.78, 5) is 14.0. The Bertz CT molecular complexity index is 628. The summed E-state index contributed by atoms with van der Waals surface area (Å²) < 4.78 is 1.94. The Morgan fingerprint density at radius 3 is 3.00 bits per heavy atom. The average molecular weight is 271 g/mol. The Morgan fingerprint density at radius 2 is 2.25 bits per heavy atom. The molecule has 0 atom stereocenters. The molecule has 106 valence electrons. The number of hydrogen-bond donors (Lipinski definition) is 0. The molecule has 1 aliphatic carbocycles. The molecule has 1 amide bonds. The van der Waals surface area contributed by atoms with Crippen LogP contribution in [0.3, 0.4) is 0 Å². The summed E-state index contributed by atoms with van der Waals surface area (Å²) >= 11 is 0. The number of fused-ring (bicyclic) bond motifs is 1. The molecular weight excluding hydrogens is 250 g/mol. The first-order chi connectivity index (χ1) is 9.63. The van der Waals surface area contributed by atoms with E-state index in [1.165, 1.54) is 18.4 Å². The minimum Gasteiger partial charge on any atom is -0.345 e. The molecule has 1 saturated carbocycles. The fourth-order valence-electron chi connectivity index (χ4n) is 2.54. The Hall–Kier alpha value is -1.84. The summed E-state index contributed by atoms with van der Waals surface area (Å²) in [7, 11) is 1.91. The highest BCUT2D eigenvalue weighted by Crippen LogP contribution is 2.29. The number of carbonyl (C=O) groups excluding carboxylic acids is 1. The molecule has 0 bridgehead atoms. The summed E-state index contributed by atoms with van der Waals surface area (Å²) in [6, 6.07) is 6.29. The molecule has 0 radical (unpaired) electrons. The number of aromatic nitrogens is 2. The van der Waals surface area contributed by atoms with E-state index in [-0.39, 0.29) is 5.91 Å². The Morgan fingerprint density at radius 1 is 1.45 bits per heavy atom. The molecule has 1 aromatic heterocycles. The first-order valence-electron chi connectivity index (χ1n) is 7.29. The van der Waals surface area contributed by atoms with Gasteiger partial charge in [-0.15, -0.1) is 0 Å². The van der Waals surface area contributed by atoms with Gasteiger partial charge in [0.05, 0.1) is 18.3 Å². The topological polar surface area (TPSA) is 38.1 Å². The molecule has 1 fully saturated rings. The van der Waals surface area contributed by atoms with Gasteiger partial charge in [-0.05, 0) is 37.3 Å². The second-order valence-corrected chi connectivity index (χ2v) is 5.90. The first-order valence-corrected chi connectivity index (χ1v) is 7.29. The number of hydrogen-bond acceptors (Lipinski definition) is 2. The van der Waals surface area contributed by atoms with Crippen LogP contribution in [-0.2, 0) is 11.3 Å². The van der Waals surface area contributed by atoms with Crippen LogP contribution in [0.2, 0.25) is 0 Å². The predicted octanol–water partition coefficient (Wildman–Crippen LogP) is 2.60. The van der Waals surface area contributed by atoms with E-state index >= 15 is 0 Å². The van der Waals surface area contributed by atoms with Crippen molar-refractivity contribution in [2.75, 3.05) is 13.6 Å². The van der Waals surface area contributed by atoms with Crippen molar-refractivity contribution < 1.29 is 4.79 Å². The predicted molar refractivity (Wildman–Crippen MR) is 79.4 cm³/mol. The van der Waals surface area contributed by atoms with Gasteiger partial charge in [0.1, 0.15) is 0 Å². The van der Waals surface area contributed by atoms with Crippen molar-refractivity contribution in [2.24, 2.45) is 5.92 Å². The molecule has 0 unspecified atom stereocenters. The highest BCUT2D eigenvalue weighted by molar-refractivity contribution is 5.80. The maximum absolute atomic E-state index is 12.1. The van der Waals surface area contributed by atoms with Crippen LogP contribution in [-0.4, -0.2) is 34.2 Å². The van der Waals surface area contributed by atoms with E-state index in [2.05, 4.69) is 30.2 Å². The third kappa shape index (κ3) is 2.84. The molecule has 2 aromatic rings.